The molecule has 3 aromatic carbocycles. The summed E-state index contributed by atoms with van der Waals surface area (Å²) in [5.74, 6) is 0. The third-order valence-electron chi connectivity index (χ3n) is 5.10. The standard InChI is InChI=1S/C23H19N2O/c1-14-13-18-22-17-8-5-4-7-16(17)10-11-20(22)26-23(18)21(15(14)2)19-9-6-12-24-25(19)3/h4-13H,1-3H3/q+1/i1D3. The van der Waals surface area contributed by atoms with Gasteiger partial charge in [0.25, 0.3) is 0 Å². The largest absolute Gasteiger partial charge is 0.455 e. The van der Waals surface area contributed by atoms with Crippen LogP contribution in [0.2, 0.25) is 0 Å². The fourth-order valence-corrected chi connectivity index (χ4v) is 3.77. The van der Waals surface area contributed by atoms with Gasteiger partial charge in [0, 0.05) is 21.0 Å². The lowest BCUT2D eigenvalue weighted by atomic mass is 9.95. The second-order valence-corrected chi connectivity index (χ2v) is 6.60. The molecule has 126 valence electrons. The molecule has 0 bridgehead atoms. The van der Waals surface area contributed by atoms with Crippen LogP contribution in [0.4, 0.5) is 0 Å². The van der Waals surface area contributed by atoms with Gasteiger partial charge in [-0.15, -0.1) is 0 Å². The van der Waals surface area contributed by atoms with Crippen molar-refractivity contribution in [1.82, 2.24) is 5.10 Å². The van der Waals surface area contributed by atoms with E-state index in [0.717, 1.165) is 38.4 Å². The molecule has 3 nitrogen and oxygen atoms in total. The predicted octanol–water partition coefficient (Wildman–Crippen LogP) is 5.24. The van der Waals surface area contributed by atoms with Crippen molar-refractivity contribution >= 4 is 32.7 Å². The molecule has 0 saturated carbocycles. The van der Waals surface area contributed by atoms with Crippen molar-refractivity contribution in [1.29, 1.82) is 0 Å². The van der Waals surface area contributed by atoms with Crippen LogP contribution in [0.25, 0.3) is 44.0 Å². The van der Waals surface area contributed by atoms with Gasteiger partial charge in [0.1, 0.15) is 11.2 Å². The number of hydrogen-bond donors (Lipinski definition) is 0. The summed E-state index contributed by atoms with van der Waals surface area (Å²) in [6, 6.07) is 17.6. The number of rotatable bonds is 1. The molecule has 2 aromatic heterocycles. The summed E-state index contributed by atoms with van der Waals surface area (Å²) in [7, 11) is 1.85. The van der Waals surface area contributed by atoms with E-state index >= 15 is 0 Å². The van der Waals surface area contributed by atoms with Crippen LogP contribution in [0.3, 0.4) is 0 Å². The highest BCUT2D eigenvalue weighted by atomic mass is 16.3. The Labute approximate surface area is 155 Å². The second-order valence-electron chi connectivity index (χ2n) is 6.60. The maximum absolute atomic E-state index is 8.11. The van der Waals surface area contributed by atoms with E-state index in [1.165, 1.54) is 0 Å². The summed E-state index contributed by atoms with van der Waals surface area (Å²) in [6.07, 6.45) is 1.70. The molecule has 0 N–H and O–H groups in total. The molecule has 0 unspecified atom stereocenters. The quantitative estimate of drug-likeness (QED) is 0.390. The van der Waals surface area contributed by atoms with Crippen molar-refractivity contribution < 1.29 is 13.2 Å². The summed E-state index contributed by atoms with van der Waals surface area (Å²) in [4.78, 5) is 0. The van der Waals surface area contributed by atoms with Crippen molar-refractivity contribution in [3.8, 4) is 11.3 Å². The number of benzene rings is 3. The van der Waals surface area contributed by atoms with Gasteiger partial charge in [-0.05, 0) is 59.0 Å². The summed E-state index contributed by atoms with van der Waals surface area (Å²) in [5.41, 5.74) is 4.02. The number of fused-ring (bicyclic) bond motifs is 5. The van der Waals surface area contributed by atoms with Gasteiger partial charge in [-0.1, -0.05) is 35.0 Å². The lowest BCUT2D eigenvalue weighted by molar-refractivity contribution is -0.720. The molecule has 5 aromatic rings. The minimum atomic E-state index is -2.23. The molecule has 0 radical (unpaired) electrons. The highest BCUT2D eigenvalue weighted by molar-refractivity contribution is 6.20. The van der Waals surface area contributed by atoms with Gasteiger partial charge in [-0.3, -0.25) is 0 Å². The van der Waals surface area contributed by atoms with Crippen molar-refractivity contribution in [3.05, 3.63) is 71.9 Å². The van der Waals surface area contributed by atoms with E-state index in [0.29, 0.717) is 16.7 Å². The lowest BCUT2D eigenvalue weighted by Gasteiger charge is -2.07. The van der Waals surface area contributed by atoms with Crippen LogP contribution in [0, 0.1) is 13.8 Å². The monoisotopic (exact) mass is 342 g/mol. The fourth-order valence-electron chi connectivity index (χ4n) is 3.77. The number of aryl methyl sites for hydroxylation is 2. The normalized spacial score (nSPS) is 13.8. The first-order chi connectivity index (χ1) is 13.9. The van der Waals surface area contributed by atoms with Crippen molar-refractivity contribution in [3.63, 3.8) is 0 Å². The average Bonchev–Trinajstić information content (AvgIpc) is 3.06. The van der Waals surface area contributed by atoms with E-state index in [1.54, 1.807) is 16.9 Å². The molecular formula is C23H19N2O+. The molecule has 0 aliphatic heterocycles. The van der Waals surface area contributed by atoms with Gasteiger partial charge in [0.05, 0.1) is 11.8 Å². The molecule has 0 aliphatic rings. The Hall–Kier alpha value is -3.20. The Morgan fingerprint density at radius 1 is 1.04 bits per heavy atom. The maximum atomic E-state index is 8.11. The van der Waals surface area contributed by atoms with Gasteiger partial charge in [0.2, 0.25) is 5.69 Å². The molecule has 0 aliphatic carbocycles. The van der Waals surface area contributed by atoms with Gasteiger partial charge in [-0.2, -0.15) is 0 Å². The molecule has 2 heterocycles. The molecule has 26 heavy (non-hydrogen) atoms. The van der Waals surface area contributed by atoms with E-state index in [2.05, 4.69) is 11.2 Å². The highest BCUT2D eigenvalue weighted by Crippen LogP contribution is 2.40. The van der Waals surface area contributed by atoms with E-state index in [1.807, 2.05) is 56.4 Å². The molecule has 0 fully saturated rings. The predicted molar refractivity (Wildman–Crippen MR) is 105 cm³/mol. The summed E-state index contributed by atoms with van der Waals surface area (Å²) < 4.78 is 32.4. The third-order valence-corrected chi connectivity index (χ3v) is 5.10. The zero-order valence-electron chi connectivity index (χ0n) is 17.6. The molecule has 0 amide bonds. The minimum Gasteiger partial charge on any atom is -0.455 e. The number of nitrogens with zero attached hydrogens (tertiary/aromatic N) is 2. The molecule has 5 rings (SSSR count). The van der Waals surface area contributed by atoms with Crippen LogP contribution in [-0.2, 0) is 7.05 Å². The van der Waals surface area contributed by atoms with Gasteiger partial charge < -0.3 is 4.42 Å². The Bertz CT molecular complexity index is 1420. The van der Waals surface area contributed by atoms with Crippen molar-refractivity contribution in [2.24, 2.45) is 7.05 Å². The van der Waals surface area contributed by atoms with Gasteiger partial charge in [0.15, 0.2) is 7.05 Å². The molecule has 0 saturated heterocycles. The molecule has 0 spiro atoms. The first-order valence-corrected chi connectivity index (χ1v) is 8.56. The van der Waals surface area contributed by atoms with Crippen LogP contribution in [0.1, 0.15) is 15.2 Å². The molecule has 3 heteroatoms. The highest BCUT2D eigenvalue weighted by Gasteiger charge is 2.23. The van der Waals surface area contributed by atoms with Crippen LogP contribution in [-0.4, -0.2) is 5.10 Å². The fraction of sp³-hybridized carbons (Fsp3) is 0.130. The second kappa shape index (κ2) is 5.40. The summed E-state index contributed by atoms with van der Waals surface area (Å²) in [5, 5.41) is 8.22. The van der Waals surface area contributed by atoms with Crippen molar-refractivity contribution in [2.45, 2.75) is 13.8 Å². The van der Waals surface area contributed by atoms with Gasteiger partial charge >= 0.3 is 0 Å². The van der Waals surface area contributed by atoms with Crippen LogP contribution < -0.4 is 4.68 Å². The number of furan rings is 1. The van der Waals surface area contributed by atoms with E-state index in [9.17, 15) is 0 Å². The maximum Gasteiger partial charge on any atom is 0.242 e. The topological polar surface area (TPSA) is 29.9 Å². The zero-order chi connectivity index (χ0) is 20.3. The Morgan fingerprint density at radius 2 is 1.92 bits per heavy atom. The first kappa shape index (κ1) is 12.2. The molecule has 0 atom stereocenters. The van der Waals surface area contributed by atoms with E-state index < -0.39 is 6.85 Å². The van der Waals surface area contributed by atoms with Crippen LogP contribution >= 0.6 is 0 Å². The van der Waals surface area contributed by atoms with Crippen LogP contribution in [0.15, 0.2) is 65.2 Å². The number of hydrogen-bond acceptors (Lipinski definition) is 2. The van der Waals surface area contributed by atoms with Gasteiger partial charge in [-0.25, -0.2) is 0 Å². The third kappa shape index (κ3) is 2.00. The zero-order valence-corrected chi connectivity index (χ0v) is 14.6. The van der Waals surface area contributed by atoms with Crippen LogP contribution in [0.5, 0.6) is 0 Å². The lowest BCUT2D eigenvalue weighted by Crippen LogP contribution is -2.35. The first-order valence-electron chi connectivity index (χ1n) is 10.1. The Kier molecular flexibility index (Phi) is 2.53. The molecular weight excluding hydrogens is 320 g/mol. The minimum absolute atomic E-state index is 0.333. The smallest absolute Gasteiger partial charge is 0.242 e. The Morgan fingerprint density at radius 3 is 2.77 bits per heavy atom. The Balaban J connectivity index is 2.04. The average molecular weight is 342 g/mol. The van der Waals surface area contributed by atoms with Crippen molar-refractivity contribution in [2.75, 3.05) is 0 Å². The summed E-state index contributed by atoms with van der Waals surface area (Å²) in [6.45, 7) is -0.392. The summed E-state index contributed by atoms with van der Waals surface area (Å²) >= 11 is 0. The van der Waals surface area contributed by atoms with E-state index in [4.69, 9.17) is 8.53 Å². The SMILES string of the molecule is [2H]C([2H])([2H])c1cc2c(oc3ccc4ccccc4c32)c(-c2cccn[n+]2C)c1C. The van der Waals surface area contributed by atoms with E-state index in [-0.39, 0.29) is 0 Å². The number of aromatic nitrogens is 2.